The second-order valence-corrected chi connectivity index (χ2v) is 2.01. The van der Waals surface area contributed by atoms with Crippen LogP contribution in [0.2, 0.25) is 0 Å². The minimum atomic E-state index is 0. The summed E-state index contributed by atoms with van der Waals surface area (Å²) >= 11 is 0. The van der Waals surface area contributed by atoms with Crippen LogP contribution in [0.5, 0.6) is 0 Å². The Morgan fingerprint density at radius 3 is 2.21 bits per heavy atom. The van der Waals surface area contributed by atoms with Gasteiger partial charge in [-0.25, -0.2) is 0 Å². The molecule has 7 heteroatoms. The zero-order valence-corrected chi connectivity index (χ0v) is 13.3. The third-order valence-corrected chi connectivity index (χ3v) is 1.02. The number of nitrogens with one attached hydrogen (secondary N) is 1. The first-order valence-electron chi connectivity index (χ1n) is 3.25. The number of aromatic amines is 1. The average molecular weight is 341 g/mol. The summed E-state index contributed by atoms with van der Waals surface area (Å²) in [5, 5.41) is 6.05. The van der Waals surface area contributed by atoms with Crippen molar-refractivity contribution >= 4 is 0 Å². The van der Waals surface area contributed by atoms with Crippen molar-refractivity contribution in [3.8, 4) is 0 Å². The molecule has 2 aromatic rings. The predicted octanol–water partition coefficient (Wildman–Crippen LogP) is 0.505. The van der Waals surface area contributed by atoms with Crippen LogP contribution < -0.4 is 0 Å². The summed E-state index contributed by atoms with van der Waals surface area (Å²) in [6.45, 7) is 3.45. The third kappa shape index (κ3) is 7.68. The topological polar surface area (TPSA) is 59.4 Å². The second kappa shape index (κ2) is 9.84. The Balaban J connectivity index is 0. The van der Waals surface area contributed by atoms with E-state index in [1.54, 1.807) is 23.3 Å². The third-order valence-electron chi connectivity index (χ3n) is 1.02. The fraction of sp³-hybridized carbons (Fsp3) is 0. The van der Waals surface area contributed by atoms with Crippen LogP contribution in [0.3, 0.4) is 0 Å². The van der Waals surface area contributed by atoms with Crippen LogP contribution in [0.4, 0.5) is 0 Å². The SMILES string of the molecule is [CH2-]c1ncn[nH]1.[CH2-]n1ccnc1.[Y].[Y]. The summed E-state index contributed by atoms with van der Waals surface area (Å²) in [6, 6.07) is 0. The van der Waals surface area contributed by atoms with E-state index in [9.17, 15) is 0 Å². The van der Waals surface area contributed by atoms with E-state index < -0.39 is 0 Å². The van der Waals surface area contributed by atoms with Crippen LogP contribution >= 0.6 is 0 Å². The normalized spacial score (nSPS) is 7.43. The van der Waals surface area contributed by atoms with E-state index >= 15 is 0 Å². The summed E-state index contributed by atoms with van der Waals surface area (Å²) < 4.78 is 1.64. The minimum Gasteiger partial charge on any atom is -0.477 e. The summed E-state index contributed by atoms with van der Waals surface area (Å²) in [5.41, 5.74) is 0. The fourth-order valence-corrected chi connectivity index (χ4v) is 0.518. The van der Waals surface area contributed by atoms with E-state index in [1.807, 2.05) is 0 Å². The molecule has 0 spiro atoms. The summed E-state index contributed by atoms with van der Waals surface area (Å²) in [6.07, 6.45) is 6.52. The van der Waals surface area contributed by atoms with E-state index in [0.29, 0.717) is 5.82 Å². The van der Waals surface area contributed by atoms with Crippen LogP contribution in [-0.4, -0.2) is 24.7 Å². The summed E-state index contributed by atoms with van der Waals surface area (Å²) in [4.78, 5) is 7.36. The zero-order valence-electron chi connectivity index (χ0n) is 7.67. The van der Waals surface area contributed by atoms with Gasteiger partial charge in [0.05, 0.1) is 0 Å². The van der Waals surface area contributed by atoms with E-state index in [2.05, 4.69) is 34.1 Å². The molecule has 5 nitrogen and oxygen atoms in total. The van der Waals surface area contributed by atoms with Crippen molar-refractivity contribution in [2.24, 2.45) is 0 Å². The smallest absolute Gasteiger partial charge is 0.134 e. The Hall–Kier alpha value is 0.298. The van der Waals surface area contributed by atoms with Gasteiger partial charge >= 0.3 is 0 Å². The van der Waals surface area contributed by atoms with Gasteiger partial charge in [-0.2, -0.15) is 5.10 Å². The number of nitrogens with zero attached hydrogens (tertiary/aromatic N) is 4. The van der Waals surface area contributed by atoms with Gasteiger partial charge < -0.3 is 16.5 Å². The van der Waals surface area contributed by atoms with Gasteiger partial charge in [-0.1, -0.05) is 6.20 Å². The van der Waals surface area contributed by atoms with Gasteiger partial charge in [0.1, 0.15) is 6.33 Å². The predicted molar refractivity (Wildman–Crippen MR) is 43.8 cm³/mol. The van der Waals surface area contributed by atoms with Gasteiger partial charge in [-0.05, 0) is 18.3 Å². The monoisotopic (exact) mass is 341 g/mol. The van der Waals surface area contributed by atoms with Gasteiger partial charge in [0, 0.05) is 65.4 Å². The molecule has 0 aromatic carbocycles. The van der Waals surface area contributed by atoms with Crippen LogP contribution in [0.15, 0.2) is 25.0 Å². The molecule has 0 saturated carbocycles. The standard InChI is InChI=1S/C4H5N2.C3H4N3.2Y/c1-6-3-2-5-4-6;1-3-4-2-5-6-3;;/h2-4H,1H2;2H,1H2,(H,4,5,6);;/q2*-1;;. The molecule has 2 aromatic heterocycles. The summed E-state index contributed by atoms with van der Waals surface area (Å²) in [5.74, 6) is 0.606. The average Bonchev–Trinajstić information content (AvgIpc) is 2.63. The molecular weight excluding hydrogens is 332 g/mol. The number of rotatable bonds is 0. The molecule has 0 aliphatic rings. The van der Waals surface area contributed by atoms with Crippen LogP contribution in [0, 0.1) is 14.0 Å². The van der Waals surface area contributed by atoms with Crippen molar-refractivity contribution in [1.82, 2.24) is 24.7 Å². The van der Waals surface area contributed by atoms with Crippen LogP contribution in [0.25, 0.3) is 0 Å². The van der Waals surface area contributed by atoms with Gasteiger partial charge in [0.2, 0.25) is 0 Å². The molecule has 0 atom stereocenters. The first kappa shape index (κ1) is 16.7. The van der Waals surface area contributed by atoms with Crippen molar-refractivity contribution in [2.75, 3.05) is 0 Å². The Kier molecular flexibility index (Phi) is 11.7. The van der Waals surface area contributed by atoms with E-state index in [-0.39, 0.29) is 65.4 Å². The fourth-order valence-electron chi connectivity index (χ4n) is 0.518. The number of hydrogen-bond acceptors (Lipinski definition) is 3. The van der Waals surface area contributed by atoms with Crippen molar-refractivity contribution in [3.63, 3.8) is 0 Å². The Bertz CT molecular complexity index is 259. The number of hydrogen-bond donors (Lipinski definition) is 1. The van der Waals surface area contributed by atoms with Crippen molar-refractivity contribution in [3.05, 3.63) is 44.8 Å². The molecule has 70 valence electrons. The molecule has 0 aliphatic carbocycles. The van der Waals surface area contributed by atoms with E-state index in [1.165, 1.54) is 6.33 Å². The Morgan fingerprint density at radius 2 is 2.07 bits per heavy atom. The molecule has 0 unspecified atom stereocenters. The van der Waals surface area contributed by atoms with E-state index in [4.69, 9.17) is 0 Å². The van der Waals surface area contributed by atoms with Gasteiger partial charge in [0.25, 0.3) is 0 Å². The molecule has 0 aliphatic heterocycles. The summed E-state index contributed by atoms with van der Waals surface area (Å²) in [7, 11) is 3.53. The van der Waals surface area contributed by atoms with Crippen molar-refractivity contribution in [1.29, 1.82) is 0 Å². The minimum absolute atomic E-state index is 0. The maximum Gasteiger partial charge on any atom is 0.134 e. The molecule has 2 radical (unpaired) electrons. The molecule has 2 rings (SSSR count). The number of imidazole rings is 1. The van der Waals surface area contributed by atoms with Crippen molar-refractivity contribution < 1.29 is 65.4 Å². The second-order valence-electron chi connectivity index (χ2n) is 2.01. The first-order valence-corrected chi connectivity index (χ1v) is 3.25. The molecule has 0 amide bonds. The maximum absolute atomic E-state index is 3.72. The molecule has 0 saturated heterocycles. The molecule has 2 heterocycles. The van der Waals surface area contributed by atoms with E-state index in [0.717, 1.165) is 0 Å². The molecule has 14 heavy (non-hydrogen) atoms. The van der Waals surface area contributed by atoms with Gasteiger partial charge in [-0.15, -0.1) is 7.05 Å². The van der Waals surface area contributed by atoms with Crippen LogP contribution in [-0.2, 0) is 65.4 Å². The number of aromatic nitrogens is 5. The molecule has 1 N–H and O–H groups in total. The maximum atomic E-state index is 3.72. The Morgan fingerprint density at radius 1 is 1.36 bits per heavy atom. The first-order chi connectivity index (χ1) is 5.79. The quantitative estimate of drug-likeness (QED) is 0.711. The molecule has 0 fully saturated rings. The molecule has 0 bridgehead atoms. The van der Waals surface area contributed by atoms with Gasteiger partial charge in [-0.3, -0.25) is 10.1 Å². The zero-order chi connectivity index (χ0) is 8.81. The Labute approximate surface area is 133 Å². The largest absolute Gasteiger partial charge is 0.477 e. The van der Waals surface area contributed by atoms with Gasteiger partial charge in [0.15, 0.2) is 0 Å². The van der Waals surface area contributed by atoms with Crippen LogP contribution in [0.1, 0.15) is 5.82 Å². The van der Waals surface area contributed by atoms with Crippen molar-refractivity contribution in [2.45, 2.75) is 0 Å². The number of H-pyrrole nitrogens is 1. The molecular formula is C7H9N5Y2-2.